The molecule has 2 N–H and O–H groups in total. The summed E-state index contributed by atoms with van der Waals surface area (Å²) in [5.41, 5.74) is 2.47. The van der Waals surface area contributed by atoms with Crippen molar-refractivity contribution in [3.05, 3.63) is 59.7 Å². The molecule has 26 heavy (non-hydrogen) atoms. The number of hydrogen-bond donors (Lipinski definition) is 2. The lowest BCUT2D eigenvalue weighted by molar-refractivity contribution is 0.213. The van der Waals surface area contributed by atoms with Gasteiger partial charge in [0.2, 0.25) is 0 Å². The summed E-state index contributed by atoms with van der Waals surface area (Å²) < 4.78 is 11.2. The highest BCUT2D eigenvalue weighted by Gasteiger charge is 2.09. The van der Waals surface area contributed by atoms with Crippen molar-refractivity contribution in [2.75, 3.05) is 20.7 Å². The van der Waals surface area contributed by atoms with E-state index >= 15 is 0 Å². The van der Waals surface area contributed by atoms with Gasteiger partial charge in [0.1, 0.15) is 6.10 Å². The first-order chi connectivity index (χ1) is 12.1. The van der Waals surface area contributed by atoms with Gasteiger partial charge in [0.05, 0.1) is 13.7 Å². The van der Waals surface area contributed by atoms with Crippen LogP contribution in [-0.4, -0.2) is 32.8 Å². The van der Waals surface area contributed by atoms with Gasteiger partial charge in [-0.25, -0.2) is 0 Å². The van der Waals surface area contributed by atoms with Crippen molar-refractivity contribution in [1.29, 1.82) is 0 Å². The smallest absolute Gasteiger partial charge is 0.191 e. The summed E-state index contributed by atoms with van der Waals surface area (Å²) in [4.78, 5) is 4.25. The Morgan fingerprint density at radius 2 is 1.69 bits per heavy atom. The number of aryl methyl sites for hydroxylation is 1. The first-order valence-electron chi connectivity index (χ1n) is 8.42. The maximum atomic E-state index is 5.94. The molecule has 0 aliphatic carbocycles. The standard InChI is InChI=1S/C20H27N3O2.HI/c1-15-9-11-17(12-10-15)14-23-20(21-3)22-13-16(2)25-19-8-6-5-7-18(19)24-4;/h5-12,16H,13-14H2,1-4H3,(H2,21,22,23);1H. The van der Waals surface area contributed by atoms with Crippen LogP contribution >= 0.6 is 24.0 Å². The van der Waals surface area contributed by atoms with E-state index < -0.39 is 0 Å². The molecule has 0 aliphatic rings. The minimum Gasteiger partial charge on any atom is -0.493 e. The lowest BCUT2D eigenvalue weighted by atomic mass is 10.1. The summed E-state index contributed by atoms with van der Waals surface area (Å²) >= 11 is 0. The zero-order valence-corrected chi connectivity index (χ0v) is 18.1. The van der Waals surface area contributed by atoms with E-state index in [1.807, 2.05) is 31.2 Å². The van der Waals surface area contributed by atoms with E-state index in [-0.39, 0.29) is 30.1 Å². The number of nitrogens with one attached hydrogen (secondary N) is 2. The Morgan fingerprint density at radius 1 is 1.04 bits per heavy atom. The van der Waals surface area contributed by atoms with Crippen LogP contribution in [0.25, 0.3) is 0 Å². The summed E-state index contributed by atoms with van der Waals surface area (Å²) in [7, 11) is 3.40. The van der Waals surface area contributed by atoms with Gasteiger partial charge in [0, 0.05) is 13.6 Å². The van der Waals surface area contributed by atoms with Crippen LogP contribution in [0.15, 0.2) is 53.5 Å². The van der Waals surface area contributed by atoms with Gasteiger partial charge in [-0.15, -0.1) is 24.0 Å². The predicted octanol–water partition coefficient (Wildman–Crippen LogP) is 3.75. The van der Waals surface area contributed by atoms with E-state index in [4.69, 9.17) is 9.47 Å². The van der Waals surface area contributed by atoms with Crippen molar-refractivity contribution in [2.45, 2.75) is 26.5 Å². The van der Waals surface area contributed by atoms with Crippen LogP contribution < -0.4 is 20.1 Å². The number of rotatable bonds is 7. The normalized spacial score (nSPS) is 11.9. The number of ether oxygens (including phenoxy) is 2. The topological polar surface area (TPSA) is 54.9 Å². The number of para-hydroxylation sites is 2. The molecule has 1 unspecified atom stereocenters. The largest absolute Gasteiger partial charge is 0.493 e. The Morgan fingerprint density at radius 3 is 2.31 bits per heavy atom. The van der Waals surface area contributed by atoms with Crippen LogP contribution in [-0.2, 0) is 6.54 Å². The molecule has 0 fully saturated rings. The summed E-state index contributed by atoms with van der Waals surface area (Å²) in [5, 5.41) is 6.59. The maximum Gasteiger partial charge on any atom is 0.191 e. The maximum absolute atomic E-state index is 5.94. The van der Waals surface area contributed by atoms with Crippen molar-refractivity contribution < 1.29 is 9.47 Å². The summed E-state index contributed by atoms with van der Waals surface area (Å²) in [6.07, 6.45) is -0.0331. The van der Waals surface area contributed by atoms with E-state index in [9.17, 15) is 0 Å². The first kappa shape index (κ1) is 22.1. The Hall–Kier alpha value is -1.96. The predicted molar refractivity (Wildman–Crippen MR) is 118 cm³/mol. The molecule has 0 heterocycles. The molecule has 0 saturated carbocycles. The van der Waals surface area contributed by atoms with Gasteiger partial charge in [-0.1, -0.05) is 42.0 Å². The molecule has 2 rings (SSSR count). The third-order valence-electron chi connectivity index (χ3n) is 3.76. The van der Waals surface area contributed by atoms with Gasteiger partial charge in [-0.2, -0.15) is 0 Å². The van der Waals surface area contributed by atoms with Crippen molar-refractivity contribution >= 4 is 29.9 Å². The van der Waals surface area contributed by atoms with E-state index in [0.29, 0.717) is 6.54 Å². The second-order valence-corrected chi connectivity index (χ2v) is 5.87. The van der Waals surface area contributed by atoms with E-state index in [1.54, 1.807) is 14.2 Å². The molecule has 142 valence electrons. The Bertz CT molecular complexity index is 690. The molecule has 2 aromatic carbocycles. The van der Waals surface area contributed by atoms with Crippen LogP contribution in [0, 0.1) is 6.92 Å². The number of hydrogen-bond acceptors (Lipinski definition) is 3. The van der Waals surface area contributed by atoms with Crippen LogP contribution in [0.1, 0.15) is 18.1 Å². The number of nitrogens with zero attached hydrogens (tertiary/aromatic N) is 1. The molecular weight excluding hydrogens is 441 g/mol. The van der Waals surface area contributed by atoms with Gasteiger partial charge < -0.3 is 20.1 Å². The highest BCUT2D eigenvalue weighted by atomic mass is 127. The molecule has 0 saturated heterocycles. The highest BCUT2D eigenvalue weighted by Crippen LogP contribution is 2.26. The minimum absolute atomic E-state index is 0. The number of benzene rings is 2. The summed E-state index contributed by atoms with van der Waals surface area (Å²) in [6.45, 7) is 5.45. The van der Waals surface area contributed by atoms with Gasteiger partial charge in [-0.3, -0.25) is 4.99 Å². The summed E-state index contributed by atoms with van der Waals surface area (Å²) in [5.74, 6) is 2.22. The van der Waals surface area contributed by atoms with Gasteiger partial charge in [-0.05, 0) is 31.5 Å². The Balaban J connectivity index is 0.00000338. The quantitative estimate of drug-likeness (QED) is 0.369. The molecule has 5 nitrogen and oxygen atoms in total. The zero-order valence-electron chi connectivity index (χ0n) is 15.8. The average Bonchev–Trinajstić information content (AvgIpc) is 2.63. The summed E-state index contributed by atoms with van der Waals surface area (Å²) in [6, 6.07) is 16.1. The van der Waals surface area contributed by atoms with Crippen molar-refractivity contribution in [3.63, 3.8) is 0 Å². The fourth-order valence-corrected chi connectivity index (χ4v) is 2.33. The fourth-order valence-electron chi connectivity index (χ4n) is 2.33. The van der Waals surface area contributed by atoms with Gasteiger partial charge in [0.25, 0.3) is 0 Å². The fraction of sp³-hybridized carbons (Fsp3) is 0.350. The lowest BCUT2D eigenvalue weighted by Gasteiger charge is -2.19. The third-order valence-corrected chi connectivity index (χ3v) is 3.76. The highest BCUT2D eigenvalue weighted by molar-refractivity contribution is 14.0. The van der Waals surface area contributed by atoms with E-state index in [1.165, 1.54) is 11.1 Å². The second-order valence-electron chi connectivity index (χ2n) is 5.87. The van der Waals surface area contributed by atoms with Gasteiger partial charge >= 0.3 is 0 Å². The number of aliphatic imine (C=N–C) groups is 1. The van der Waals surface area contributed by atoms with E-state index in [2.05, 4.69) is 46.8 Å². The molecule has 2 aromatic rings. The first-order valence-corrected chi connectivity index (χ1v) is 8.42. The monoisotopic (exact) mass is 469 g/mol. The molecular formula is C20H28IN3O2. The molecule has 0 bridgehead atoms. The van der Waals surface area contributed by atoms with Crippen LogP contribution in [0.3, 0.4) is 0 Å². The Labute approximate surface area is 173 Å². The van der Waals surface area contributed by atoms with Crippen molar-refractivity contribution in [2.24, 2.45) is 4.99 Å². The minimum atomic E-state index is -0.0331. The van der Waals surface area contributed by atoms with Crippen LogP contribution in [0.2, 0.25) is 0 Å². The molecule has 0 radical (unpaired) electrons. The van der Waals surface area contributed by atoms with Crippen molar-refractivity contribution in [3.8, 4) is 11.5 Å². The van der Waals surface area contributed by atoms with Crippen molar-refractivity contribution in [1.82, 2.24) is 10.6 Å². The molecule has 1 atom stereocenters. The number of halogens is 1. The average molecular weight is 469 g/mol. The molecule has 0 aliphatic heterocycles. The second kappa shape index (κ2) is 11.6. The lowest BCUT2D eigenvalue weighted by Crippen LogP contribution is -2.41. The SMILES string of the molecule is CN=C(NCc1ccc(C)cc1)NCC(C)Oc1ccccc1OC.I. The van der Waals surface area contributed by atoms with Gasteiger partial charge in [0.15, 0.2) is 17.5 Å². The Kier molecular flexibility index (Phi) is 9.87. The third kappa shape index (κ3) is 7.11. The molecule has 0 amide bonds. The molecule has 0 spiro atoms. The molecule has 6 heteroatoms. The van der Waals surface area contributed by atoms with E-state index in [0.717, 1.165) is 24.0 Å². The van der Waals surface area contributed by atoms with Crippen LogP contribution in [0.4, 0.5) is 0 Å². The number of guanidine groups is 1. The zero-order chi connectivity index (χ0) is 18.1. The number of methoxy groups -OCH3 is 1. The molecule has 0 aromatic heterocycles. The van der Waals surface area contributed by atoms with Crippen LogP contribution in [0.5, 0.6) is 11.5 Å².